The van der Waals surface area contributed by atoms with Gasteiger partial charge in [-0.1, -0.05) is 49.4 Å². The Balaban J connectivity index is 2.19. The zero-order valence-corrected chi connectivity index (χ0v) is 10.9. The van der Waals surface area contributed by atoms with E-state index in [1.54, 1.807) is 0 Å². The third-order valence-electron chi connectivity index (χ3n) is 3.38. The van der Waals surface area contributed by atoms with Gasteiger partial charge >= 0.3 is 6.18 Å². The normalized spacial score (nSPS) is 14.8. The fraction of sp³-hybridized carbons (Fsp3) is 0.250. The van der Waals surface area contributed by atoms with Gasteiger partial charge in [0.1, 0.15) is 0 Å². The predicted molar refractivity (Wildman–Crippen MR) is 71.3 cm³/mol. The topological polar surface area (TPSA) is 20.2 Å². The van der Waals surface area contributed by atoms with E-state index in [0.29, 0.717) is 5.56 Å². The number of aliphatic hydroxyl groups excluding tert-OH is 1. The molecule has 2 atom stereocenters. The highest BCUT2D eigenvalue weighted by Crippen LogP contribution is 2.33. The maximum Gasteiger partial charge on any atom is 0.416 e. The highest BCUT2D eigenvalue weighted by atomic mass is 19.4. The van der Waals surface area contributed by atoms with Gasteiger partial charge in [0.15, 0.2) is 0 Å². The van der Waals surface area contributed by atoms with Crippen molar-refractivity contribution >= 4 is 0 Å². The Morgan fingerprint density at radius 1 is 0.850 bits per heavy atom. The van der Waals surface area contributed by atoms with Crippen LogP contribution < -0.4 is 0 Å². The Hall–Kier alpha value is -1.81. The number of alkyl halides is 3. The van der Waals surface area contributed by atoms with Crippen molar-refractivity contribution in [3.05, 3.63) is 71.3 Å². The van der Waals surface area contributed by atoms with Gasteiger partial charge in [-0.05, 0) is 23.3 Å². The van der Waals surface area contributed by atoms with Gasteiger partial charge in [-0.2, -0.15) is 13.2 Å². The number of aliphatic hydroxyl groups is 1. The molecule has 2 unspecified atom stereocenters. The largest absolute Gasteiger partial charge is 0.416 e. The monoisotopic (exact) mass is 280 g/mol. The number of benzene rings is 2. The summed E-state index contributed by atoms with van der Waals surface area (Å²) in [6.45, 7) is 1.84. The van der Waals surface area contributed by atoms with Crippen molar-refractivity contribution in [2.24, 2.45) is 0 Å². The van der Waals surface area contributed by atoms with E-state index in [1.807, 2.05) is 37.3 Å². The van der Waals surface area contributed by atoms with Crippen molar-refractivity contribution in [1.82, 2.24) is 0 Å². The fourth-order valence-electron chi connectivity index (χ4n) is 2.10. The molecule has 106 valence electrons. The maximum absolute atomic E-state index is 12.5. The molecular formula is C16H15F3O. The number of hydrogen-bond donors (Lipinski definition) is 1. The quantitative estimate of drug-likeness (QED) is 0.875. The summed E-state index contributed by atoms with van der Waals surface area (Å²) in [7, 11) is 0. The Morgan fingerprint density at radius 2 is 1.40 bits per heavy atom. The van der Waals surface area contributed by atoms with E-state index >= 15 is 0 Å². The van der Waals surface area contributed by atoms with E-state index in [0.717, 1.165) is 17.7 Å². The lowest BCUT2D eigenvalue weighted by molar-refractivity contribution is -0.137. The summed E-state index contributed by atoms with van der Waals surface area (Å²) in [6.07, 6.45) is -5.19. The summed E-state index contributed by atoms with van der Waals surface area (Å²) in [6, 6.07) is 14.0. The van der Waals surface area contributed by atoms with Crippen LogP contribution in [0.25, 0.3) is 0 Å². The number of rotatable bonds is 3. The molecule has 2 rings (SSSR count). The van der Waals surface area contributed by atoms with Gasteiger partial charge < -0.3 is 5.11 Å². The van der Waals surface area contributed by atoms with Gasteiger partial charge in [0.25, 0.3) is 0 Å². The summed E-state index contributed by atoms with van der Waals surface area (Å²) in [5.74, 6) is -0.187. The zero-order chi connectivity index (χ0) is 14.8. The number of hydrogen-bond acceptors (Lipinski definition) is 1. The van der Waals surface area contributed by atoms with Crippen LogP contribution in [0.5, 0.6) is 0 Å². The zero-order valence-electron chi connectivity index (χ0n) is 10.9. The third-order valence-corrected chi connectivity index (χ3v) is 3.38. The van der Waals surface area contributed by atoms with Crippen molar-refractivity contribution in [3.63, 3.8) is 0 Å². The van der Waals surface area contributed by atoms with Crippen molar-refractivity contribution < 1.29 is 18.3 Å². The lowest BCUT2D eigenvalue weighted by Gasteiger charge is -2.20. The first-order valence-electron chi connectivity index (χ1n) is 6.30. The van der Waals surface area contributed by atoms with Gasteiger partial charge in [0, 0.05) is 5.92 Å². The third kappa shape index (κ3) is 3.20. The standard InChI is InChI=1S/C16H15F3O/c1-11(12-5-3-2-4-6-12)15(20)13-7-9-14(10-8-13)16(17,18)19/h2-11,15,20H,1H3. The summed E-state index contributed by atoms with van der Waals surface area (Å²) in [4.78, 5) is 0. The minimum Gasteiger partial charge on any atom is -0.388 e. The van der Waals surface area contributed by atoms with Crippen LogP contribution in [-0.4, -0.2) is 5.11 Å². The molecule has 20 heavy (non-hydrogen) atoms. The molecule has 0 fully saturated rings. The molecular weight excluding hydrogens is 265 g/mol. The van der Waals surface area contributed by atoms with E-state index in [-0.39, 0.29) is 5.92 Å². The lowest BCUT2D eigenvalue weighted by Crippen LogP contribution is -2.09. The molecule has 2 aromatic carbocycles. The van der Waals surface area contributed by atoms with Crippen molar-refractivity contribution in [3.8, 4) is 0 Å². The second-order valence-electron chi connectivity index (χ2n) is 4.76. The van der Waals surface area contributed by atoms with Gasteiger partial charge in [-0.25, -0.2) is 0 Å². The summed E-state index contributed by atoms with van der Waals surface area (Å²) >= 11 is 0. The van der Waals surface area contributed by atoms with E-state index in [4.69, 9.17) is 0 Å². The smallest absolute Gasteiger partial charge is 0.388 e. The van der Waals surface area contributed by atoms with E-state index in [9.17, 15) is 18.3 Å². The predicted octanol–water partition coefficient (Wildman–Crippen LogP) is 4.54. The lowest BCUT2D eigenvalue weighted by atomic mass is 9.90. The van der Waals surface area contributed by atoms with Crippen LogP contribution in [0.15, 0.2) is 54.6 Å². The number of halogens is 3. The first kappa shape index (κ1) is 14.6. The Kier molecular flexibility index (Phi) is 4.14. The van der Waals surface area contributed by atoms with Gasteiger partial charge in [0.2, 0.25) is 0 Å². The van der Waals surface area contributed by atoms with Crippen LogP contribution >= 0.6 is 0 Å². The Labute approximate surface area is 115 Å². The van der Waals surface area contributed by atoms with Crippen LogP contribution in [0.2, 0.25) is 0 Å². The molecule has 0 bridgehead atoms. The molecule has 1 N–H and O–H groups in total. The molecule has 0 amide bonds. The first-order valence-corrected chi connectivity index (χ1v) is 6.30. The van der Waals surface area contributed by atoms with E-state index in [2.05, 4.69) is 0 Å². The SMILES string of the molecule is CC(c1ccccc1)C(O)c1ccc(C(F)(F)F)cc1. The van der Waals surface area contributed by atoms with Crippen LogP contribution in [0.3, 0.4) is 0 Å². The molecule has 0 radical (unpaired) electrons. The van der Waals surface area contributed by atoms with Crippen molar-refractivity contribution in [1.29, 1.82) is 0 Å². The molecule has 0 saturated heterocycles. The van der Waals surface area contributed by atoms with Gasteiger partial charge in [-0.15, -0.1) is 0 Å². The highest BCUT2D eigenvalue weighted by Gasteiger charge is 2.30. The Bertz CT molecular complexity index is 546. The first-order chi connectivity index (χ1) is 9.39. The molecule has 0 saturated carbocycles. The molecule has 1 nitrogen and oxygen atoms in total. The molecule has 2 aromatic rings. The second kappa shape index (κ2) is 5.67. The summed E-state index contributed by atoms with van der Waals surface area (Å²) < 4.78 is 37.4. The van der Waals surface area contributed by atoms with Gasteiger partial charge in [0.05, 0.1) is 11.7 Å². The van der Waals surface area contributed by atoms with Crippen molar-refractivity contribution in [2.45, 2.75) is 25.1 Å². The average Bonchev–Trinajstić information content (AvgIpc) is 2.46. The second-order valence-corrected chi connectivity index (χ2v) is 4.76. The molecule has 4 heteroatoms. The molecule has 0 heterocycles. The molecule has 0 aliphatic heterocycles. The fourth-order valence-corrected chi connectivity index (χ4v) is 2.10. The van der Waals surface area contributed by atoms with Crippen LogP contribution in [-0.2, 0) is 6.18 Å². The maximum atomic E-state index is 12.5. The van der Waals surface area contributed by atoms with E-state index < -0.39 is 17.8 Å². The summed E-state index contributed by atoms with van der Waals surface area (Å²) in [5, 5.41) is 10.3. The van der Waals surface area contributed by atoms with Crippen LogP contribution in [0.1, 0.15) is 35.6 Å². The highest BCUT2D eigenvalue weighted by molar-refractivity contribution is 5.29. The van der Waals surface area contributed by atoms with Crippen LogP contribution in [0.4, 0.5) is 13.2 Å². The Morgan fingerprint density at radius 3 is 1.90 bits per heavy atom. The average molecular weight is 280 g/mol. The summed E-state index contributed by atoms with van der Waals surface area (Å²) in [5.41, 5.74) is 0.718. The minimum absolute atomic E-state index is 0.187. The van der Waals surface area contributed by atoms with Crippen LogP contribution in [0, 0.1) is 0 Å². The van der Waals surface area contributed by atoms with Gasteiger partial charge in [-0.3, -0.25) is 0 Å². The molecule has 0 aliphatic carbocycles. The molecule has 0 spiro atoms. The molecule has 0 aromatic heterocycles. The van der Waals surface area contributed by atoms with Crippen molar-refractivity contribution in [2.75, 3.05) is 0 Å². The minimum atomic E-state index is -4.35. The molecule has 0 aliphatic rings. The van der Waals surface area contributed by atoms with E-state index in [1.165, 1.54) is 12.1 Å².